The molecule has 0 fully saturated rings. The van der Waals surface area contributed by atoms with Crippen molar-refractivity contribution < 1.29 is 23.0 Å². The van der Waals surface area contributed by atoms with E-state index in [1.54, 1.807) is 0 Å². The largest absolute Gasteiger partial charge is 0.467 e. The molecule has 0 aromatic rings. The maximum atomic E-state index is 12.2. The molecular formula is C7H12F2O3. The fourth-order valence-corrected chi connectivity index (χ4v) is 0.505. The molecule has 0 aromatic carbocycles. The zero-order valence-corrected chi connectivity index (χ0v) is 7.27. The smallest absolute Gasteiger partial charge is 0.334 e. The number of ether oxygens (including phenoxy) is 2. The number of methoxy groups -OCH3 is 1. The summed E-state index contributed by atoms with van der Waals surface area (Å²) >= 11 is 0. The van der Waals surface area contributed by atoms with Crippen LogP contribution in [0.1, 0.15) is 13.8 Å². The Balaban J connectivity index is 3.72. The predicted octanol–water partition coefficient (Wildman–Crippen LogP) is 1.22. The second-order valence-corrected chi connectivity index (χ2v) is 2.55. The van der Waals surface area contributed by atoms with Crippen LogP contribution in [0.3, 0.4) is 0 Å². The summed E-state index contributed by atoms with van der Waals surface area (Å²) in [7, 11) is 1.17. The monoisotopic (exact) mass is 182 g/mol. The molecule has 0 aliphatic carbocycles. The van der Waals surface area contributed by atoms with Crippen LogP contribution in [0.4, 0.5) is 8.78 Å². The Labute approximate surface area is 69.6 Å². The van der Waals surface area contributed by atoms with E-state index in [-0.39, 0.29) is 0 Å². The van der Waals surface area contributed by atoms with Gasteiger partial charge < -0.3 is 9.47 Å². The Kier molecular flexibility index (Phi) is 4.09. The lowest BCUT2D eigenvalue weighted by molar-refractivity contribution is -0.159. The molecule has 12 heavy (non-hydrogen) atoms. The minimum atomic E-state index is -2.91. The van der Waals surface area contributed by atoms with Crippen LogP contribution in [0.2, 0.25) is 0 Å². The van der Waals surface area contributed by atoms with E-state index in [1.165, 1.54) is 14.0 Å². The van der Waals surface area contributed by atoms with Crippen molar-refractivity contribution in [3.05, 3.63) is 0 Å². The summed E-state index contributed by atoms with van der Waals surface area (Å²) in [6.45, 7) is 1.30. The SMILES string of the molecule is COC(=O)C(C)OCC(C)(F)F. The first-order valence-electron chi connectivity index (χ1n) is 3.44. The van der Waals surface area contributed by atoms with Crippen LogP contribution in [-0.4, -0.2) is 31.7 Å². The quantitative estimate of drug-likeness (QED) is 0.613. The van der Waals surface area contributed by atoms with Crippen molar-refractivity contribution in [2.45, 2.75) is 25.9 Å². The summed E-state index contributed by atoms with van der Waals surface area (Å²) in [4.78, 5) is 10.6. The van der Waals surface area contributed by atoms with Crippen LogP contribution in [-0.2, 0) is 14.3 Å². The van der Waals surface area contributed by atoms with Gasteiger partial charge in [-0.25, -0.2) is 13.6 Å². The molecule has 3 nitrogen and oxygen atoms in total. The lowest BCUT2D eigenvalue weighted by Gasteiger charge is -2.14. The molecule has 72 valence electrons. The molecule has 0 aliphatic rings. The Bertz CT molecular complexity index is 153. The van der Waals surface area contributed by atoms with Crippen LogP contribution >= 0.6 is 0 Å². The van der Waals surface area contributed by atoms with E-state index in [0.717, 1.165) is 6.92 Å². The molecule has 0 aromatic heterocycles. The summed E-state index contributed by atoms with van der Waals surface area (Å²) in [6, 6.07) is 0. The molecule has 0 spiro atoms. The van der Waals surface area contributed by atoms with E-state index in [4.69, 9.17) is 0 Å². The van der Waals surface area contributed by atoms with Crippen LogP contribution < -0.4 is 0 Å². The van der Waals surface area contributed by atoms with Gasteiger partial charge in [0.2, 0.25) is 0 Å². The molecule has 0 heterocycles. The molecule has 1 atom stereocenters. The third-order valence-corrected chi connectivity index (χ3v) is 1.12. The van der Waals surface area contributed by atoms with E-state index < -0.39 is 24.6 Å². The molecule has 5 heteroatoms. The number of carbonyl (C=O) groups is 1. The lowest BCUT2D eigenvalue weighted by atomic mass is 10.4. The van der Waals surface area contributed by atoms with E-state index in [1.807, 2.05) is 0 Å². The van der Waals surface area contributed by atoms with Gasteiger partial charge in [0.15, 0.2) is 6.10 Å². The summed E-state index contributed by atoms with van der Waals surface area (Å²) in [5.74, 6) is -3.57. The van der Waals surface area contributed by atoms with Crippen molar-refractivity contribution in [2.24, 2.45) is 0 Å². The van der Waals surface area contributed by atoms with Gasteiger partial charge in [0.05, 0.1) is 7.11 Å². The molecular weight excluding hydrogens is 170 g/mol. The molecule has 0 N–H and O–H groups in total. The molecule has 0 radical (unpaired) electrons. The van der Waals surface area contributed by atoms with E-state index >= 15 is 0 Å². The van der Waals surface area contributed by atoms with Gasteiger partial charge >= 0.3 is 5.97 Å². The summed E-state index contributed by atoms with van der Waals surface area (Å²) in [6.07, 6.45) is -0.944. The minimum absolute atomic E-state index is 0.653. The van der Waals surface area contributed by atoms with Crippen molar-refractivity contribution in [3.63, 3.8) is 0 Å². The molecule has 0 bridgehead atoms. The summed E-state index contributed by atoms with van der Waals surface area (Å²) < 4.78 is 33.1. The third kappa shape index (κ3) is 5.01. The maximum absolute atomic E-state index is 12.2. The zero-order chi connectivity index (χ0) is 9.78. The van der Waals surface area contributed by atoms with Crippen molar-refractivity contribution in [2.75, 3.05) is 13.7 Å². The van der Waals surface area contributed by atoms with Gasteiger partial charge in [0.1, 0.15) is 6.61 Å². The number of esters is 1. The number of hydrogen-bond donors (Lipinski definition) is 0. The fraction of sp³-hybridized carbons (Fsp3) is 0.857. The first kappa shape index (κ1) is 11.3. The number of carbonyl (C=O) groups excluding carboxylic acids is 1. The molecule has 0 amide bonds. The Morgan fingerprint density at radius 3 is 2.42 bits per heavy atom. The first-order valence-corrected chi connectivity index (χ1v) is 3.44. The van der Waals surface area contributed by atoms with Crippen molar-refractivity contribution >= 4 is 5.97 Å². The van der Waals surface area contributed by atoms with E-state index in [9.17, 15) is 13.6 Å². The number of rotatable bonds is 4. The highest BCUT2D eigenvalue weighted by molar-refractivity contribution is 5.73. The highest BCUT2D eigenvalue weighted by Crippen LogP contribution is 2.12. The zero-order valence-electron chi connectivity index (χ0n) is 7.27. The van der Waals surface area contributed by atoms with Gasteiger partial charge in [-0.3, -0.25) is 0 Å². The highest BCUT2D eigenvalue weighted by atomic mass is 19.3. The number of hydrogen-bond acceptors (Lipinski definition) is 3. The van der Waals surface area contributed by atoms with Crippen LogP contribution in [0, 0.1) is 0 Å². The highest BCUT2D eigenvalue weighted by Gasteiger charge is 2.24. The number of alkyl halides is 2. The molecule has 0 rings (SSSR count). The molecule has 0 saturated carbocycles. The lowest BCUT2D eigenvalue weighted by Crippen LogP contribution is -2.28. The average molecular weight is 182 g/mol. The minimum Gasteiger partial charge on any atom is -0.467 e. The normalized spacial score (nSPS) is 14.1. The van der Waals surface area contributed by atoms with Gasteiger partial charge in [0, 0.05) is 6.92 Å². The van der Waals surface area contributed by atoms with Gasteiger partial charge in [-0.1, -0.05) is 0 Å². The average Bonchev–Trinajstić information content (AvgIpc) is 1.97. The topological polar surface area (TPSA) is 35.5 Å². The van der Waals surface area contributed by atoms with Gasteiger partial charge in [0.25, 0.3) is 5.92 Å². The fourth-order valence-electron chi connectivity index (χ4n) is 0.505. The molecule has 0 aliphatic heterocycles. The van der Waals surface area contributed by atoms with Crippen LogP contribution in [0.15, 0.2) is 0 Å². The van der Waals surface area contributed by atoms with Crippen molar-refractivity contribution in [1.82, 2.24) is 0 Å². The van der Waals surface area contributed by atoms with Crippen LogP contribution in [0.5, 0.6) is 0 Å². The molecule has 0 saturated heterocycles. The van der Waals surface area contributed by atoms with Gasteiger partial charge in [-0.2, -0.15) is 0 Å². The second kappa shape index (κ2) is 4.35. The van der Waals surface area contributed by atoms with Crippen molar-refractivity contribution in [1.29, 1.82) is 0 Å². The second-order valence-electron chi connectivity index (χ2n) is 2.55. The Morgan fingerprint density at radius 2 is 2.08 bits per heavy atom. The first-order chi connectivity index (χ1) is 5.37. The number of halogens is 2. The van der Waals surface area contributed by atoms with E-state index in [0.29, 0.717) is 0 Å². The summed E-state index contributed by atoms with van der Waals surface area (Å²) in [5, 5.41) is 0. The Hall–Kier alpha value is -0.710. The van der Waals surface area contributed by atoms with Crippen molar-refractivity contribution in [3.8, 4) is 0 Å². The predicted molar refractivity (Wildman–Crippen MR) is 38.1 cm³/mol. The van der Waals surface area contributed by atoms with Gasteiger partial charge in [-0.15, -0.1) is 0 Å². The van der Waals surface area contributed by atoms with E-state index in [2.05, 4.69) is 9.47 Å². The molecule has 1 unspecified atom stereocenters. The van der Waals surface area contributed by atoms with Crippen LogP contribution in [0.25, 0.3) is 0 Å². The Morgan fingerprint density at radius 1 is 1.58 bits per heavy atom. The third-order valence-electron chi connectivity index (χ3n) is 1.12. The van der Waals surface area contributed by atoms with Gasteiger partial charge in [-0.05, 0) is 6.92 Å². The maximum Gasteiger partial charge on any atom is 0.334 e. The summed E-state index contributed by atoms with van der Waals surface area (Å²) in [5.41, 5.74) is 0. The standard InChI is InChI=1S/C7H12F2O3/c1-5(6(10)11-3)12-4-7(2,8)9/h5H,4H2,1-3H3.